The van der Waals surface area contributed by atoms with E-state index in [0.29, 0.717) is 31.9 Å². The molecular formula is C40H46N2O5S. The van der Waals surface area contributed by atoms with E-state index < -0.39 is 11.6 Å². The van der Waals surface area contributed by atoms with Crippen molar-refractivity contribution >= 4 is 29.5 Å². The van der Waals surface area contributed by atoms with E-state index in [1.165, 1.54) is 0 Å². The molecule has 0 saturated carbocycles. The summed E-state index contributed by atoms with van der Waals surface area (Å²) >= 11 is 1.62. The Bertz CT molecular complexity index is 1790. The van der Waals surface area contributed by atoms with Gasteiger partial charge in [0.1, 0.15) is 0 Å². The molecule has 7 nitrogen and oxygen atoms in total. The predicted octanol–water partition coefficient (Wildman–Crippen LogP) is 8.16. The summed E-state index contributed by atoms with van der Waals surface area (Å²) in [5, 5.41) is 18.4. The van der Waals surface area contributed by atoms with Gasteiger partial charge in [0, 0.05) is 23.9 Å². The van der Waals surface area contributed by atoms with Crippen molar-refractivity contribution in [3.05, 3.63) is 112 Å². The van der Waals surface area contributed by atoms with Gasteiger partial charge < -0.3 is 24.2 Å². The molecule has 1 fully saturated rings. The molecule has 8 heteroatoms. The maximum absolute atomic E-state index is 14.0. The summed E-state index contributed by atoms with van der Waals surface area (Å²) in [6.45, 7) is 13.6. The van der Waals surface area contributed by atoms with Crippen LogP contribution in [-0.4, -0.2) is 58.6 Å². The lowest BCUT2D eigenvalue weighted by molar-refractivity contribution is -0.136. The minimum absolute atomic E-state index is 0.00602. The van der Waals surface area contributed by atoms with Gasteiger partial charge in [0.15, 0.2) is 0 Å². The van der Waals surface area contributed by atoms with Gasteiger partial charge in [-0.25, -0.2) is 0 Å². The Morgan fingerprint density at radius 2 is 1.60 bits per heavy atom. The summed E-state index contributed by atoms with van der Waals surface area (Å²) in [6.07, 6.45) is 2.00. The Balaban J connectivity index is 0.000000840. The highest BCUT2D eigenvalue weighted by molar-refractivity contribution is 7.99. The van der Waals surface area contributed by atoms with E-state index in [4.69, 9.17) is 9.84 Å². The van der Waals surface area contributed by atoms with E-state index in [9.17, 15) is 14.7 Å². The number of hydrogen-bond donors (Lipinski definition) is 2. The average Bonchev–Trinajstić information content (AvgIpc) is 3.06. The van der Waals surface area contributed by atoms with Crippen molar-refractivity contribution in [1.82, 2.24) is 4.90 Å². The van der Waals surface area contributed by atoms with Gasteiger partial charge in [0.25, 0.3) is 5.91 Å². The molecule has 1 saturated heterocycles. The van der Waals surface area contributed by atoms with Crippen LogP contribution in [0.4, 0.5) is 5.69 Å². The third-order valence-electron chi connectivity index (χ3n) is 8.74. The molecule has 1 amide bonds. The first kappa shape index (κ1) is 35.2. The van der Waals surface area contributed by atoms with Gasteiger partial charge in [-0.3, -0.25) is 9.59 Å². The van der Waals surface area contributed by atoms with Crippen molar-refractivity contribution in [3.8, 4) is 22.3 Å². The number of anilines is 1. The second-order valence-corrected chi connectivity index (χ2v) is 14.3. The van der Waals surface area contributed by atoms with Crippen molar-refractivity contribution in [2.75, 3.05) is 30.3 Å². The highest BCUT2D eigenvalue weighted by atomic mass is 32.2. The van der Waals surface area contributed by atoms with E-state index in [1.807, 2.05) is 48.4 Å². The molecule has 48 heavy (non-hydrogen) atoms. The number of aryl methyl sites for hydroxylation is 1. The maximum atomic E-state index is 14.0. The summed E-state index contributed by atoms with van der Waals surface area (Å²) < 4.78 is 8.02. The molecule has 252 valence electrons. The second-order valence-electron chi connectivity index (χ2n) is 13.5. The number of ether oxygens (including phenoxy) is 1. The molecule has 2 heterocycles. The molecule has 0 spiro atoms. The third-order valence-corrected chi connectivity index (χ3v) is 9.50. The molecule has 2 aliphatic rings. The summed E-state index contributed by atoms with van der Waals surface area (Å²) in [5.41, 5.74) is 11.6. The minimum Gasteiger partial charge on any atom is -0.481 e. The number of fused-ring (bicyclic) bond motifs is 3. The molecule has 1 atom stereocenters. The highest BCUT2D eigenvalue weighted by Crippen LogP contribution is 2.50. The number of benzene rings is 4. The number of hydrogen-bond acceptors (Lipinski definition) is 6. The molecule has 0 aromatic heterocycles. The van der Waals surface area contributed by atoms with Crippen LogP contribution in [0.25, 0.3) is 22.3 Å². The van der Waals surface area contributed by atoms with Crippen LogP contribution in [0.5, 0.6) is 0 Å². The van der Waals surface area contributed by atoms with Crippen molar-refractivity contribution in [1.29, 1.82) is 0 Å². The normalized spacial score (nSPS) is 15.6. The predicted molar refractivity (Wildman–Crippen MR) is 196 cm³/mol. The van der Waals surface area contributed by atoms with E-state index in [0.717, 1.165) is 61.3 Å². The van der Waals surface area contributed by atoms with Crippen molar-refractivity contribution in [2.24, 2.45) is 0 Å². The lowest BCUT2D eigenvalue weighted by Crippen LogP contribution is -2.43. The largest absolute Gasteiger partial charge is 0.481 e. The van der Waals surface area contributed by atoms with E-state index >= 15 is 0 Å². The van der Waals surface area contributed by atoms with Gasteiger partial charge in [0.05, 0.1) is 43.5 Å². The molecule has 0 aliphatic carbocycles. The van der Waals surface area contributed by atoms with Crippen LogP contribution < -0.4 is 4.31 Å². The lowest BCUT2D eigenvalue weighted by atomic mass is 9.80. The Morgan fingerprint density at radius 1 is 0.938 bits per heavy atom. The fourth-order valence-electron chi connectivity index (χ4n) is 6.63. The fourth-order valence-corrected chi connectivity index (χ4v) is 7.31. The zero-order chi connectivity index (χ0) is 34.7. The quantitative estimate of drug-likeness (QED) is 0.201. The number of aliphatic carboxylic acids is 1. The molecule has 6 rings (SSSR count). The van der Waals surface area contributed by atoms with E-state index in [-0.39, 0.29) is 18.4 Å². The fraction of sp³-hybridized carbons (Fsp3) is 0.350. The number of rotatable bonds is 6. The van der Waals surface area contributed by atoms with Gasteiger partial charge in [-0.2, -0.15) is 0 Å². The number of carboxylic acid groups (broad SMARTS) is 1. The number of carbonyl (C=O) groups is 2. The summed E-state index contributed by atoms with van der Waals surface area (Å²) in [7, 11) is 0. The number of carbonyl (C=O) groups excluding carboxylic acids is 1. The van der Waals surface area contributed by atoms with Crippen LogP contribution in [0, 0.1) is 20.8 Å². The second kappa shape index (κ2) is 14.6. The third kappa shape index (κ3) is 7.62. The topological polar surface area (TPSA) is 90.3 Å². The van der Waals surface area contributed by atoms with Gasteiger partial charge in [0.2, 0.25) is 0 Å². The molecule has 4 aromatic carbocycles. The van der Waals surface area contributed by atoms with Gasteiger partial charge in [-0.1, -0.05) is 78.2 Å². The van der Waals surface area contributed by atoms with Crippen LogP contribution >= 0.6 is 11.9 Å². The summed E-state index contributed by atoms with van der Waals surface area (Å²) in [4.78, 5) is 28.0. The Hall–Kier alpha value is -4.11. The maximum Gasteiger partial charge on any atom is 0.307 e. The summed E-state index contributed by atoms with van der Waals surface area (Å²) in [6, 6.07) is 24.3. The van der Waals surface area contributed by atoms with E-state index in [2.05, 4.69) is 60.6 Å². The van der Waals surface area contributed by atoms with Crippen molar-refractivity contribution in [3.63, 3.8) is 0 Å². The average molecular weight is 667 g/mol. The number of amides is 1. The van der Waals surface area contributed by atoms with Gasteiger partial charge in [-0.15, -0.1) is 0 Å². The molecule has 2 aliphatic heterocycles. The first-order chi connectivity index (χ1) is 22.8. The first-order valence-electron chi connectivity index (χ1n) is 16.3. The number of aliphatic hydroxyl groups is 1. The molecule has 0 bridgehead atoms. The first-order valence-corrected chi connectivity index (χ1v) is 17.5. The smallest absolute Gasteiger partial charge is 0.307 e. The molecule has 0 radical (unpaired) electrons. The Labute approximate surface area is 288 Å². The number of morpholine rings is 1. The standard InChI is InChI=1S/C36H36N2O4S.C4H10O/c1-22-10-12-26(13-11-22)33-24(3)34-29-15-14-27(36(41)37-16-17-42-21-31(37)25-8-6-5-7-9-25)18-28(29)20-38(43-4)35(34)23(2)30(33)19-32(39)40;1-4(2,3)5/h5-15,18,31H,16-17,19-21H2,1-4H3,(H,39,40);5H,1-3H3/t31-;/m1./s1. The van der Waals surface area contributed by atoms with Crippen LogP contribution in [0.3, 0.4) is 0 Å². The zero-order valence-electron chi connectivity index (χ0n) is 29.0. The van der Waals surface area contributed by atoms with Crippen molar-refractivity contribution < 1.29 is 24.5 Å². The minimum atomic E-state index is -0.845. The van der Waals surface area contributed by atoms with Crippen LogP contribution in [0.15, 0.2) is 72.8 Å². The SMILES string of the molecule is CC(C)(C)O.CSN1Cc2cc(C(=O)N3CCOC[C@@H]3c3ccccc3)ccc2-c2c(C)c(-c3ccc(C)cc3)c(CC(=O)O)c(C)c21. The molecule has 0 unspecified atom stereocenters. The Morgan fingerprint density at radius 3 is 2.23 bits per heavy atom. The molecule has 4 aromatic rings. The van der Waals surface area contributed by atoms with Crippen LogP contribution in [-0.2, 0) is 22.5 Å². The van der Waals surface area contributed by atoms with Crippen LogP contribution in [0.1, 0.15) is 70.6 Å². The monoisotopic (exact) mass is 666 g/mol. The van der Waals surface area contributed by atoms with Crippen molar-refractivity contribution in [2.45, 2.75) is 66.2 Å². The number of carboxylic acids is 1. The zero-order valence-corrected chi connectivity index (χ0v) is 29.8. The lowest BCUT2D eigenvalue weighted by Gasteiger charge is -2.37. The Kier molecular flexibility index (Phi) is 10.7. The number of nitrogens with zero attached hydrogens (tertiary/aromatic N) is 2. The molecular weight excluding hydrogens is 621 g/mol. The highest BCUT2D eigenvalue weighted by Gasteiger charge is 2.33. The van der Waals surface area contributed by atoms with E-state index in [1.54, 1.807) is 32.7 Å². The van der Waals surface area contributed by atoms with Crippen LogP contribution in [0.2, 0.25) is 0 Å². The molecule has 2 N–H and O–H groups in total. The van der Waals surface area contributed by atoms with Gasteiger partial charge in [-0.05, 0) is 98.2 Å². The summed E-state index contributed by atoms with van der Waals surface area (Å²) in [5.74, 6) is -0.839. The van der Waals surface area contributed by atoms with Gasteiger partial charge >= 0.3 is 5.97 Å².